The molecule has 0 amide bonds. The molecule has 2 rings (SSSR count). The van der Waals surface area contributed by atoms with Gasteiger partial charge in [0.25, 0.3) is 0 Å². The number of imidazole rings is 1. The van der Waals surface area contributed by atoms with Crippen molar-refractivity contribution in [2.24, 2.45) is 0 Å². The Kier molecular flexibility index (Phi) is 4.28. The number of thioether (sulfide) groups is 1. The molecule has 1 unspecified atom stereocenters. The molecule has 19 heavy (non-hydrogen) atoms. The van der Waals surface area contributed by atoms with Crippen molar-refractivity contribution in [2.45, 2.75) is 17.7 Å². The number of ether oxygens (including phenoxy) is 1. The molecular formula is C12H14N2O4S. The summed E-state index contributed by atoms with van der Waals surface area (Å²) in [5.74, 6) is 0.00421. The molecule has 0 spiro atoms. The highest BCUT2D eigenvalue weighted by atomic mass is 32.2. The minimum absolute atomic E-state index is 0.263. The van der Waals surface area contributed by atoms with Gasteiger partial charge in [-0.05, 0) is 12.1 Å². The van der Waals surface area contributed by atoms with Gasteiger partial charge in [-0.1, -0.05) is 11.8 Å². The maximum atomic E-state index is 10.4. The minimum Gasteiger partial charge on any atom is -0.497 e. The van der Waals surface area contributed by atoms with Crippen LogP contribution in [-0.2, 0) is 4.79 Å². The van der Waals surface area contributed by atoms with Crippen LogP contribution in [0.3, 0.4) is 0 Å². The van der Waals surface area contributed by atoms with Crippen LogP contribution in [-0.4, -0.2) is 45.1 Å². The van der Waals surface area contributed by atoms with Crippen molar-refractivity contribution in [3.8, 4) is 5.75 Å². The molecule has 0 aliphatic carbocycles. The summed E-state index contributed by atoms with van der Waals surface area (Å²) in [7, 11) is 1.59. The summed E-state index contributed by atoms with van der Waals surface area (Å²) in [5, 5.41) is 18.7. The van der Waals surface area contributed by atoms with Crippen molar-refractivity contribution in [2.75, 3.05) is 12.9 Å². The number of nitrogens with one attached hydrogen (secondary N) is 1. The van der Waals surface area contributed by atoms with Gasteiger partial charge in [0.15, 0.2) is 5.16 Å². The van der Waals surface area contributed by atoms with E-state index in [-0.39, 0.29) is 12.2 Å². The number of carboxylic acids is 1. The summed E-state index contributed by atoms with van der Waals surface area (Å²) in [5.41, 5.74) is 1.64. The van der Waals surface area contributed by atoms with E-state index in [0.29, 0.717) is 5.16 Å². The number of hydrogen-bond acceptors (Lipinski definition) is 5. The average molecular weight is 282 g/mol. The number of hydrogen-bond donors (Lipinski definition) is 3. The lowest BCUT2D eigenvalue weighted by Crippen LogP contribution is -2.15. The van der Waals surface area contributed by atoms with Crippen LogP contribution in [0, 0.1) is 0 Å². The number of carbonyl (C=O) groups is 1. The fraction of sp³-hybridized carbons (Fsp3) is 0.333. The van der Waals surface area contributed by atoms with Crippen molar-refractivity contribution < 1.29 is 19.7 Å². The first-order chi connectivity index (χ1) is 9.08. The number of nitrogens with zero attached hydrogens (tertiary/aromatic N) is 1. The molecule has 0 aliphatic rings. The van der Waals surface area contributed by atoms with Crippen LogP contribution in [0.15, 0.2) is 23.4 Å². The molecule has 7 heteroatoms. The van der Waals surface area contributed by atoms with Crippen molar-refractivity contribution in [3.05, 3.63) is 18.2 Å². The Morgan fingerprint density at radius 1 is 1.58 bits per heavy atom. The molecule has 1 heterocycles. The van der Waals surface area contributed by atoms with Crippen molar-refractivity contribution in [1.82, 2.24) is 9.97 Å². The maximum absolute atomic E-state index is 10.4. The van der Waals surface area contributed by atoms with Crippen LogP contribution in [0.25, 0.3) is 11.0 Å². The topological polar surface area (TPSA) is 95.4 Å². The maximum Gasteiger partial charge on any atom is 0.306 e. The van der Waals surface area contributed by atoms with Gasteiger partial charge in [0.05, 0.1) is 30.7 Å². The summed E-state index contributed by atoms with van der Waals surface area (Å²) in [6, 6.07) is 5.49. The molecule has 0 saturated carbocycles. The van der Waals surface area contributed by atoms with E-state index in [1.165, 1.54) is 11.8 Å². The van der Waals surface area contributed by atoms with Gasteiger partial charge in [-0.25, -0.2) is 4.98 Å². The SMILES string of the molecule is COc1ccc2nc(SCC(O)CC(=O)O)[nH]c2c1. The first-order valence-corrected chi connectivity index (χ1v) is 6.63. The van der Waals surface area contributed by atoms with Crippen LogP contribution >= 0.6 is 11.8 Å². The summed E-state index contributed by atoms with van der Waals surface area (Å²) < 4.78 is 5.11. The first kappa shape index (κ1) is 13.7. The normalized spacial score (nSPS) is 12.5. The molecule has 0 aliphatic heterocycles. The average Bonchev–Trinajstić information content (AvgIpc) is 2.77. The van der Waals surface area contributed by atoms with Gasteiger partial charge in [0.1, 0.15) is 5.75 Å². The Labute approximate surface area is 113 Å². The predicted octanol–water partition coefficient (Wildman–Crippen LogP) is 1.50. The van der Waals surface area contributed by atoms with Crippen molar-refractivity contribution >= 4 is 28.8 Å². The number of aliphatic carboxylic acids is 1. The smallest absolute Gasteiger partial charge is 0.306 e. The number of benzene rings is 1. The van der Waals surface area contributed by atoms with Gasteiger partial charge in [-0.3, -0.25) is 4.79 Å². The number of carboxylic acid groups (broad SMARTS) is 1. The highest BCUT2D eigenvalue weighted by Crippen LogP contribution is 2.23. The molecule has 1 aromatic heterocycles. The third-order valence-electron chi connectivity index (χ3n) is 2.49. The highest BCUT2D eigenvalue weighted by molar-refractivity contribution is 7.99. The summed E-state index contributed by atoms with van der Waals surface area (Å²) in [6.07, 6.45) is -1.15. The second-order valence-electron chi connectivity index (χ2n) is 3.99. The van der Waals surface area contributed by atoms with Crippen LogP contribution in [0.2, 0.25) is 0 Å². The number of aliphatic hydroxyl groups excluding tert-OH is 1. The van der Waals surface area contributed by atoms with Gasteiger partial charge in [0.2, 0.25) is 0 Å². The number of rotatable bonds is 6. The van der Waals surface area contributed by atoms with Crippen LogP contribution < -0.4 is 4.74 Å². The van der Waals surface area contributed by atoms with Crippen LogP contribution in [0.1, 0.15) is 6.42 Å². The van der Waals surface area contributed by atoms with E-state index >= 15 is 0 Å². The number of fused-ring (bicyclic) bond motifs is 1. The second kappa shape index (κ2) is 5.94. The lowest BCUT2D eigenvalue weighted by molar-refractivity contribution is -0.138. The van der Waals surface area contributed by atoms with Gasteiger partial charge in [-0.15, -0.1) is 0 Å². The lowest BCUT2D eigenvalue weighted by Gasteiger charge is -2.04. The Morgan fingerprint density at radius 3 is 3.05 bits per heavy atom. The zero-order chi connectivity index (χ0) is 13.8. The largest absolute Gasteiger partial charge is 0.497 e. The first-order valence-electron chi connectivity index (χ1n) is 5.65. The van der Waals surface area contributed by atoms with Crippen molar-refractivity contribution in [1.29, 1.82) is 0 Å². The van der Waals surface area contributed by atoms with E-state index in [0.717, 1.165) is 16.8 Å². The number of aromatic amines is 1. The Morgan fingerprint density at radius 2 is 2.37 bits per heavy atom. The number of aromatic nitrogens is 2. The van der Waals surface area contributed by atoms with Gasteiger partial charge < -0.3 is 19.9 Å². The molecule has 3 N–H and O–H groups in total. The zero-order valence-corrected chi connectivity index (χ0v) is 11.1. The fourth-order valence-corrected chi connectivity index (χ4v) is 2.41. The van der Waals surface area contributed by atoms with Gasteiger partial charge >= 0.3 is 5.97 Å². The van der Waals surface area contributed by atoms with Crippen LogP contribution in [0.5, 0.6) is 5.75 Å². The predicted molar refractivity (Wildman–Crippen MR) is 71.6 cm³/mol. The van der Waals surface area contributed by atoms with E-state index in [9.17, 15) is 9.90 Å². The van der Waals surface area contributed by atoms with E-state index in [2.05, 4.69) is 9.97 Å². The third kappa shape index (κ3) is 3.62. The highest BCUT2D eigenvalue weighted by Gasteiger charge is 2.11. The lowest BCUT2D eigenvalue weighted by atomic mass is 10.3. The molecule has 0 bridgehead atoms. The molecule has 1 atom stereocenters. The molecule has 102 valence electrons. The molecular weight excluding hydrogens is 268 g/mol. The number of aliphatic hydroxyl groups is 1. The summed E-state index contributed by atoms with van der Waals surface area (Å²) in [4.78, 5) is 17.9. The Bertz CT molecular complexity index is 584. The molecule has 6 nitrogen and oxygen atoms in total. The third-order valence-corrected chi connectivity index (χ3v) is 3.51. The summed E-state index contributed by atoms with van der Waals surface area (Å²) >= 11 is 1.29. The van der Waals surface area contributed by atoms with Crippen LogP contribution in [0.4, 0.5) is 0 Å². The van der Waals surface area contributed by atoms with E-state index in [1.807, 2.05) is 18.2 Å². The monoisotopic (exact) mass is 282 g/mol. The zero-order valence-electron chi connectivity index (χ0n) is 10.3. The van der Waals surface area contributed by atoms with E-state index < -0.39 is 12.1 Å². The number of methoxy groups -OCH3 is 1. The van der Waals surface area contributed by atoms with Gasteiger partial charge in [0, 0.05) is 11.8 Å². The fourth-order valence-electron chi connectivity index (χ4n) is 1.60. The molecule has 0 radical (unpaired) electrons. The van der Waals surface area contributed by atoms with Gasteiger partial charge in [-0.2, -0.15) is 0 Å². The molecule has 0 saturated heterocycles. The molecule has 0 fully saturated rings. The number of H-pyrrole nitrogens is 1. The second-order valence-corrected chi connectivity index (χ2v) is 5.00. The van der Waals surface area contributed by atoms with Crippen molar-refractivity contribution in [3.63, 3.8) is 0 Å². The standard InChI is InChI=1S/C12H14N2O4S/c1-18-8-2-3-9-10(5-8)14-12(13-9)19-6-7(15)4-11(16)17/h2-3,5,7,15H,4,6H2,1H3,(H,13,14)(H,16,17). The molecule has 2 aromatic rings. The minimum atomic E-state index is -1.01. The van der Waals surface area contributed by atoms with E-state index in [4.69, 9.17) is 9.84 Å². The van der Waals surface area contributed by atoms with E-state index in [1.54, 1.807) is 7.11 Å². The Balaban J connectivity index is 2.03. The quantitative estimate of drug-likeness (QED) is 0.695. The summed E-state index contributed by atoms with van der Waals surface area (Å²) in [6.45, 7) is 0. The Hall–Kier alpha value is -1.73. The molecule has 1 aromatic carbocycles.